The van der Waals surface area contributed by atoms with E-state index in [1.165, 1.54) is 31.2 Å². The molecular formula is C33H45N3O10. The van der Waals surface area contributed by atoms with Gasteiger partial charge in [-0.3, -0.25) is 23.7 Å². The lowest BCUT2D eigenvalue weighted by Gasteiger charge is -2.19. The van der Waals surface area contributed by atoms with E-state index in [1.54, 1.807) is 64.1 Å². The SMILES string of the molecule is COC(CCC(=O)C(=O)Nc1ccc(OCC(C)(C)O)c(C)c1)OC.Cc1cc(-n2cc[nH]c(=O)c2=O)ccc1OCC(C)(C)O. The van der Waals surface area contributed by atoms with Crippen LogP contribution in [-0.4, -0.2) is 76.4 Å². The minimum atomic E-state index is -0.936. The van der Waals surface area contributed by atoms with E-state index in [2.05, 4.69) is 10.3 Å². The number of amides is 1. The van der Waals surface area contributed by atoms with Crippen molar-refractivity contribution < 1.29 is 38.7 Å². The van der Waals surface area contributed by atoms with Gasteiger partial charge in [0.1, 0.15) is 24.7 Å². The smallest absolute Gasteiger partial charge is 0.320 e. The molecule has 3 rings (SSSR count). The van der Waals surface area contributed by atoms with Gasteiger partial charge in [-0.25, -0.2) is 0 Å². The number of ether oxygens (including phenoxy) is 4. The van der Waals surface area contributed by atoms with Crippen molar-refractivity contribution in [2.24, 2.45) is 0 Å². The molecule has 0 fully saturated rings. The van der Waals surface area contributed by atoms with E-state index in [-0.39, 0.29) is 19.6 Å². The minimum Gasteiger partial charge on any atom is -0.490 e. The van der Waals surface area contributed by atoms with Crippen LogP contribution in [0.2, 0.25) is 0 Å². The van der Waals surface area contributed by atoms with Gasteiger partial charge < -0.3 is 39.5 Å². The number of anilines is 1. The fourth-order valence-electron chi connectivity index (χ4n) is 3.87. The van der Waals surface area contributed by atoms with Gasteiger partial charge in [0, 0.05) is 50.8 Å². The van der Waals surface area contributed by atoms with Gasteiger partial charge in [0.05, 0.1) is 11.2 Å². The van der Waals surface area contributed by atoms with Gasteiger partial charge >= 0.3 is 11.1 Å². The molecule has 1 heterocycles. The molecule has 0 saturated heterocycles. The number of aromatic nitrogens is 2. The van der Waals surface area contributed by atoms with Crippen LogP contribution in [0.15, 0.2) is 58.4 Å². The van der Waals surface area contributed by atoms with E-state index < -0.39 is 40.3 Å². The number of hydrogen-bond donors (Lipinski definition) is 4. The van der Waals surface area contributed by atoms with Gasteiger partial charge in [-0.15, -0.1) is 0 Å². The number of aromatic amines is 1. The molecule has 3 aromatic rings. The number of methoxy groups -OCH3 is 2. The Hall–Kier alpha value is -4.30. The highest BCUT2D eigenvalue weighted by molar-refractivity contribution is 6.40. The highest BCUT2D eigenvalue weighted by atomic mass is 16.7. The fourth-order valence-corrected chi connectivity index (χ4v) is 3.87. The van der Waals surface area contributed by atoms with Gasteiger partial charge in [-0.05, 0) is 89.1 Å². The normalized spacial score (nSPS) is 11.5. The quantitative estimate of drug-likeness (QED) is 0.151. The Morgan fingerprint density at radius 1 is 0.891 bits per heavy atom. The summed E-state index contributed by atoms with van der Waals surface area (Å²) in [6, 6.07) is 10.2. The van der Waals surface area contributed by atoms with Crippen LogP contribution < -0.4 is 25.9 Å². The van der Waals surface area contributed by atoms with E-state index in [0.717, 1.165) is 11.1 Å². The zero-order valence-corrected chi connectivity index (χ0v) is 27.6. The summed E-state index contributed by atoms with van der Waals surface area (Å²) in [6.07, 6.45) is 2.74. The Kier molecular flexibility index (Phi) is 13.9. The van der Waals surface area contributed by atoms with Crippen molar-refractivity contribution in [3.63, 3.8) is 0 Å². The maximum Gasteiger partial charge on any atom is 0.320 e. The van der Waals surface area contributed by atoms with Crippen molar-refractivity contribution in [1.82, 2.24) is 9.55 Å². The third kappa shape index (κ3) is 12.6. The number of nitrogens with zero attached hydrogens (tertiary/aromatic N) is 1. The fraction of sp³-hybridized carbons (Fsp3) is 0.455. The summed E-state index contributed by atoms with van der Waals surface area (Å²) in [5.74, 6) is 0.00266. The summed E-state index contributed by atoms with van der Waals surface area (Å²) in [6.45, 7) is 10.6. The first-order valence-corrected chi connectivity index (χ1v) is 14.6. The first-order valence-electron chi connectivity index (χ1n) is 14.6. The summed E-state index contributed by atoms with van der Waals surface area (Å²) >= 11 is 0. The highest BCUT2D eigenvalue weighted by Gasteiger charge is 2.18. The average Bonchev–Trinajstić information content (AvgIpc) is 2.97. The minimum absolute atomic E-state index is 0.0317. The van der Waals surface area contributed by atoms with Crippen molar-refractivity contribution in [2.45, 2.75) is 71.9 Å². The summed E-state index contributed by atoms with van der Waals surface area (Å²) in [5, 5.41) is 21.9. The zero-order chi connectivity index (χ0) is 34.7. The number of carbonyl (C=O) groups excluding carboxylic acids is 2. The number of aryl methyl sites for hydroxylation is 2. The molecule has 0 atom stereocenters. The number of aliphatic hydroxyl groups is 2. The molecule has 13 nitrogen and oxygen atoms in total. The summed E-state index contributed by atoms with van der Waals surface area (Å²) < 4.78 is 22.3. The molecule has 2 aromatic carbocycles. The number of nitrogens with one attached hydrogen (secondary N) is 2. The molecule has 0 radical (unpaired) electrons. The topological polar surface area (TPSA) is 178 Å². The zero-order valence-electron chi connectivity index (χ0n) is 27.6. The third-order valence-corrected chi connectivity index (χ3v) is 6.27. The molecule has 13 heteroatoms. The van der Waals surface area contributed by atoms with Crippen LogP contribution in [0.4, 0.5) is 5.69 Å². The first kappa shape index (κ1) is 37.9. The monoisotopic (exact) mass is 643 g/mol. The second-order valence-electron chi connectivity index (χ2n) is 11.9. The Labute approximate surface area is 268 Å². The van der Waals surface area contributed by atoms with Crippen LogP contribution in [-0.2, 0) is 19.1 Å². The van der Waals surface area contributed by atoms with Crippen LogP contribution >= 0.6 is 0 Å². The number of hydrogen-bond acceptors (Lipinski definition) is 10. The Morgan fingerprint density at radius 2 is 1.43 bits per heavy atom. The highest BCUT2D eigenvalue weighted by Crippen LogP contribution is 2.24. The van der Waals surface area contributed by atoms with Crippen LogP contribution in [0.1, 0.15) is 51.7 Å². The predicted octanol–water partition coefficient (Wildman–Crippen LogP) is 3.04. The molecule has 0 bridgehead atoms. The Balaban J connectivity index is 0.000000324. The van der Waals surface area contributed by atoms with Crippen LogP contribution in [0.5, 0.6) is 11.5 Å². The van der Waals surface area contributed by atoms with Gasteiger partial charge in [0.25, 0.3) is 5.91 Å². The molecule has 252 valence electrons. The average molecular weight is 644 g/mol. The molecule has 0 saturated carbocycles. The van der Waals surface area contributed by atoms with E-state index in [1.807, 2.05) is 13.8 Å². The lowest BCUT2D eigenvalue weighted by Crippen LogP contribution is -2.34. The molecule has 0 aliphatic carbocycles. The Morgan fingerprint density at radius 3 is 1.93 bits per heavy atom. The molecule has 4 N–H and O–H groups in total. The van der Waals surface area contributed by atoms with Gasteiger partial charge in [-0.2, -0.15) is 0 Å². The number of benzene rings is 2. The standard InChI is InChI=1S/C18H27NO6.C15H18N2O4/c1-12-10-13(6-8-15(12)25-11-18(2,3)22)19-17(21)14(20)7-9-16(23-4)24-5;1-10-8-11(17-7-6-16-13(18)14(17)19)4-5-12(10)21-9-15(2,3)20/h6,8,10,16,22H,7,9,11H2,1-5H3,(H,19,21);4-8,20H,9H2,1-3H3,(H,16,18). The molecule has 1 aromatic heterocycles. The maximum absolute atomic E-state index is 11.9. The van der Waals surface area contributed by atoms with Gasteiger partial charge in [0.15, 0.2) is 6.29 Å². The Bertz CT molecular complexity index is 1580. The second-order valence-corrected chi connectivity index (χ2v) is 11.9. The van der Waals surface area contributed by atoms with E-state index in [4.69, 9.17) is 18.9 Å². The molecule has 0 spiro atoms. The summed E-state index contributed by atoms with van der Waals surface area (Å²) in [4.78, 5) is 49.3. The van der Waals surface area contributed by atoms with Crippen molar-refractivity contribution in [2.75, 3.05) is 32.8 Å². The summed E-state index contributed by atoms with van der Waals surface area (Å²) in [7, 11) is 2.95. The van der Waals surface area contributed by atoms with Crippen LogP contribution in [0.3, 0.4) is 0 Å². The molecule has 0 unspecified atom stereocenters. The van der Waals surface area contributed by atoms with E-state index in [9.17, 15) is 29.4 Å². The van der Waals surface area contributed by atoms with E-state index >= 15 is 0 Å². The molecule has 1 amide bonds. The van der Waals surface area contributed by atoms with E-state index in [0.29, 0.717) is 29.3 Å². The van der Waals surface area contributed by atoms with Crippen molar-refractivity contribution in [1.29, 1.82) is 0 Å². The van der Waals surface area contributed by atoms with Crippen LogP contribution in [0.25, 0.3) is 5.69 Å². The number of Topliss-reactive ketones (excluding diaryl/α,β-unsaturated/α-hetero) is 1. The largest absolute Gasteiger partial charge is 0.490 e. The molecular weight excluding hydrogens is 598 g/mol. The lowest BCUT2D eigenvalue weighted by atomic mass is 10.1. The predicted molar refractivity (Wildman–Crippen MR) is 173 cm³/mol. The van der Waals surface area contributed by atoms with Crippen molar-refractivity contribution in [3.8, 4) is 17.2 Å². The van der Waals surface area contributed by atoms with Crippen molar-refractivity contribution >= 4 is 17.4 Å². The third-order valence-electron chi connectivity index (χ3n) is 6.27. The van der Waals surface area contributed by atoms with Crippen LogP contribution in [0, 0.1) is 13.8 Å². The second kappa shape index (κ2) is 16.9. The molecule has 0 aliphatic rings. The maximum atomic E-state index is 11.9. The number of rotatable bonds is 14. The van der Waals surface area contributed by atoms with Gasteiger partial charge in [-0.1, -0.05) is 0 Å². The van der Waals surface area contributed by atoms with Gasteiger partial charge in [0.2, 0.25) is 5.78 Å². The lowest BCUT2D eigenvalue weighted by molar-refractivity contribution is -0.138. The number of H-pyrrole nitrogens is 1. The number of carbonyl (C=O) groups is 2. The number of ketones is 1. The first-order chi connectivity index (χ1) is 21.4. The molecule has 0 aliphatic heterocycles. The molecule has 46 heavy (non-hydrogen) atoms. The summed E-state index contributed by atoms with van der Waals surface area (Å²) in [5.41, 5.74) is -0.486. The van der Waals surface area contributed by atoms with Crippen molar-refractivity contribution in [3.05, 3.63) is 80.6 Å².